The summed E-state index contributed by atoms with van der Waals surface area (Å²) in [4.78, 5) is 16.5. The number of hydrogen-bond acceptors (Lipinski definition) is 7. The fourth-order valence-electron chi connectivity index (χ4n) is 3.41. The van der Waals surface area contributed by atoms with E-state index in [1.807, 2.05) is 62.4 Å². The van der Waals surface area contributed by atoms with Crippen LogP contribution in [-0.2, 0) is 11.3 Å². The first kappa shape index (κ1) is 25.4. The molecule has 0 atom stereocenters. The minimum Gasteiger partial charge on any atom is -0.490 e. The van der Waals surface area contributed by atoms with Crippen LogP contribution in [0.4, 0.5) is 5.69 Å². The van der Waals surface area contributed by atoms with Crippen LogP contribution in [0.3, 0.4) is 0 Å². The van der Waals surface area contributed by atoms with Crippen LogP contribution in [0.1, 0.15) is 18.1 Å². The Morgan fingerprint density at radius 1 is 1.14 bits per heavy atom. The first-order chi connectivity index (χ1) is 17.4. The predicted octanol–water partition coefficient (Wildman–Crippen LogP) is 5.23. The summed E-state index contributed by atoms with van der Waals surface area (Å²) in [6.45, 7) is 4.58. The number of aromatic nitrogens is 4. The van der Waals surface area contributed by atoms with Crippen molar-refractivity contribution in [2.45, 2.75) is 20.4 Å². The van der Waals surface area contributed by atoms with Crippen LogP contribution in [0.5, 0.6) is 11.5 Å². The summed E-state index contributed by atoms with van der Waals surface area (Å²) in [6.07, 6.45) is 3.39. The van der Waals surface area contributed by atoms with Crippen LogP contribution < -0.4 is 20.2 Å². The number of ether oxygens (including phenoxy) is 2. The molecule has 0 saturated carbocycles. The van der Waals surface area contributed by atoms with E-state index in [1.165, 1.54) is 0 Å². The zero-order valence-electron chi connectivity index (χ0n) is 19.7. The summed E-state index contributed by atoms with van der Waals surface area (Å²) in [5, 5.41) is 9.95. The minimum atomic E-state index is -0.267. The second-order valence-electron chi connectivity index (χ2n) is 7.80. The molecule has 0 aliphatic carbocycles. The van der Waals surface area contributed by atoms with E-state index < -0.39 is 0 Å². The maximum absolute atomic E-state index is 12.4. The monoisotopic (exact) mass is 568 g/mol. The first-order valence-electron chi connectivity index (χ1n) is 11.2. The molecule has 1 amide bonds. The lowest BCUT2D eigenvalue weighted by molar-refractivity contribution is -0.118. The van der Waals surface area contributed by atoms with Gasteiger partial charge >= 0.3 is 0 Å². The Morgan fingerprint density at radius 2 is 1.89 bits per heavy atom. The molecule has 0 unspecified atom stereocenters. The molecular weight excluding hydrogens is 544 g/mol. The largest absolute Gasteiger partial charge is 0.490 e. The number of H-pyrrole nitrogens is 1. The van der Waals surface area contributed by atoms with Gasteiger partial charge in [0.1, 0.15) is 0 Å². The highest BCUT2D eigenvalue weighted by Gasteiger charge is 2.15. The lowest BCUT2D eigenvalue weighted by Crippen LogP contribution is -2.20. The summed E-state index contributed by atoms with van der Waals surface area (Å²) in [6, 6.07) is 15.0. The van der Waals surface area contributed by atoms with E-state index in [0.717, 1.165) is 16.7 Å². The fourth-order valence-corrected chi connectivity index (χ4v) is 4.21. The van der Waals surface area contributed by atoms with Crippen molar-refractivity contribution in [3.63, 3.8) is 0 Å². The summed E-state index contributed by atoms with van der Waals surface area (Å²) in [5.74, 6) is 1.36. The fraction of sp³-hybridized carbons (Fsp3) is 0.200. The van der Waals surface area contributed by atoms with Gasteiger partial charge in [-0.25, -0.2) is 9.77 Å². The number of halogens is 1. The highest BCUT2D eigenvalue weighted by atomic mass is 79.9. The molecule has 2 aromatic heterocycles. The van der Waals surface area contributed by atoms with Gasteiger partial charge in [0.25, 0.3) is 5.91 Å². The molecule has 9 nitrogen and oxygen atoms in total. The molecule has 4 rings (SSSR count). The Morgan fingerprint density at radius 3 is 2.61 bits per heavy atom. The zero-order chi connectivity index (χ0) is 25.5. The molecule has 0 aliphatic heterocycles. The molecule has 2 aromatic carbocycles. The summed E-state index contributed by atoms with van der Waals surface area (Å²) in [5.41, 5.74) is 6.90. The average Bonchev–Trinajstić information content (AvgIpc) is 3.24. The standard InChI is InChI=1S/C25H25BrN6O3S/c1-3-34-21-13-17(14-28-32-24(30-31-25(32)36)18-8-10-27-11-9-18)12-20(26)23(21)35-15-22(33)29-19-6-4-16(2)5-7-19/h4-13,28H,3,14-15H2,1-2H3,(H,29,33)(H,31,36). The molecular formula is C25H25BrN6O3S. The molecule has 0 bridgehead atoms. The van der Waals surface area contributed by atoms with Crippen molar-refractivity contribution >= 4 is 39.7 Å². The van der Waals surface area contributed by atoms with Gasteiger partial charge in [0.05, 0.1) is 17.6 Å². The quantitative estimate of drug-likeness (QED) is 0.225. The Kier molecular flexibility index (Phi) is 8.34. The number of nitrogens with one attached hydrogen (secondary N) is 3. The van der Waals surface area contributed by atoms with E-state index in [1.54, 1.807) is 17.1 Å². The Bertz CT molecular complexity index is 1390. The lowest BCUT2D eigenvalue weighted by Gasteiger charge is -2.16. The summed E-state index contributed by atoms with van der Waals surface area (Å²) >= 11 is 8.95. The van der Waals surface area contributed by atoms with Crippen LogP contribution in [0, 0.1) is 11.7 Å². The molecule has 0 aliphatic rings. The number of aryl methyl sites for hydroxylation is 1. The Balaban J connectivity index is 1.46. The van der Waals surface area contributed by atoms with E-state index in [9.17, 15) is 4.79 Å². The number of nitrogens with zero attached hydrogens (tertiary/aromatic N) is 3. The normalized spacial score (nSPS) is 10.6. The topological polar surface area (TPSA) is 106 Å². The molecule has 186 valence electrons. The number of benzene rings is 2. The summed E-state index contributed by atoms with van der Waals surface area (Å²) < 4.78 is 14.4. The van der Waals surface area contributed by atoms with Crippen LogP contribution in [0.15, 0.2) is 65.4 Å². The number of rotatable bonds is 10. The van der Waals surface area contributed by atoms with Crippen LogP contribution >= 0.6 is 28.1 Å². The number of pyridine rings is 1. The van der Waals surface area contributed by atoms with Gasteiger partial charge in [-0.1, -0.05) is 17.7 Å². The molecule has 36 heavy (non-hydrogen) atoms. The lowest BCUT2D eigenvalue weighted by atomic mass is 10.2. The van der Waals surface area contributed by atoms with Gasteiger partial charge in [0.15, 0.2) is 23.9 Å². The van der Waals surface area contributed by atoms with Gasteiger partial charge in [-0.15, -0.1) is 0 Å². The molecule has 0 fully saturated rings. The van der Waals surface area contributed by atoms with Crippen LogP contribution in [0.2, 0.25) is 0 Å². The molecule has 0 spiro atoms. The highest BCUT2D eigenvalue weighted by molar-refractivity contribution is 9.10. The average molecular weight is 569 g/mol. The maximum atomic E-state index is 12.4. The van der Waals surface area contributed by atoms with E-state index >= 15 is 0 Å². The van der Waals surface area contributed by atoms with Gasteiger partial charge in [-0.2, -0.15) is 5.10 Å². The summed E-state index contributed by atoms with van der Waals surface area (Å²) in [7, 11) is 0. The smallest absolute Gasteiger partial charge is 0.262 e. The maximum Gasteiger partial charge on any atom is 0.262 e. The van der Waals surface area contributed by atoms with Crippen LogP contribution in [0.25, 0.3) is 11.4 Å². The van der Waals surface area contributed by atoms with Crippen molar-refractivity contribution in [3.05, 3.63) is 81.3 Å². The van der Waals surface area contributed by atoms with Gasteiger partial charge < -0.3 is 20.2 Å². The molecule has 0 saturated heterocycles. The third-order valence-electron chi connectivity index (χ3n) is 5.10. The van der Waals surface area contributed by atoms with E-state index in [4.69, 9.17) is 21.7 Å². The molecule has 4 aromatic rings. The number of carbonyl (C=O) groups is 1. The van der Waals surface area contributed by atoms with Crippen molar-refractivity contribution in [3.8, 4) is 22.9 Å². The Labute approximate surface area is 222 Å². The number of anilines is 1. The van der Waals surface area contributed by atoms with Crippen molar-refractivity contribution < 1.29 is 14.3 Å². The van der Waals surface area contributed by atoms with E-state index in [-0.39, 0.29) is 12.5 Å². The van der Waals surface area contributed by atoms with Gasteiger partial charge in [0.2, 0.25) is 4.77 Å². The van der Waals surface area contributed by atoms with Gasteiger partial charge in [0, 0.05) is 23.6 Å². The molecule has 2 heterocycles. The Hall–Kier alpha value is -3.70. The van der Waals surface area contributed by atoms with E-state index in [0.29, 0.717) is 45.4 Å². The van der Waals surface area contributed by atoms with Gasteiger partial charge in [-0.3, -0.25) is 9.78 Å². The van der Waals surface area contributed by atoms with E-state index in [2.05, 4.69) is 41.9 Å². The van der Waals surface area contributed by atoms with Gasteiger partial charge in [-0.05, 0) is 84.0 Å². The predicted molar refractivity (Wildman–Crippen MR) is 144 cm³/mol. The second-order valence-corrected chi connectivity index (χ2v) is 9.04. The highest BCUT2D eigenvalue weighted by Crippen LogP contribution is 2.37. The minimum absolute atomic E-state index is 0.163. The zero-order valence-corrected chi connectivity index (χ0v) is 22.1. The molecule has 11 heteroatoms. The van der Waals surface area contributed by atoms with Crippen molar-refractivity contribution in [2.75, 3.05) is 24.0 Å². The van der Waals surface area contributed by atoms with Crippen molar-refractivity contribution in [1.82, 2.24) is 19.9 Å². The van der Waals surface area contributed by atoms with Crippen molar-refractivity contribution in [2.24, 2.45) is 0 Å². The third kappa shape index (κ3) is 6.29. The SMILES string of the molecule is CCOc1cc(CNn2c(-c3ccncc3)n[nH]c2=S)cc(Br)c1OCC(=O)Nc1ccc(C)cc1. The number of amides is 1. The third-order valence-corrected chi connectivity index (χ3v) is 5.97. The first-order valence-corrected chi connectivity index (χ1v) is 12.4. The second kappa shape index (κ2) is 11.8. The number of aromatic amines is 1. The number of hydrogen-bond donors (Lipinski definition) is 3. The van der Waals surface area contributed by atoms with Crippen LogP contribution in [-0.4, -0.2) is 39.0 Å². The number of carbonyl (C=O) groups excluding carboxylic acids is 1. The molecule has 3 N–H and O–H groups in total. The molecule has 0 radical (unpaired) electrons. The van der Waals surface area contributed by atoms with Crippen molar-refractivity contribution in [1.29, 1.82) is 0 Å².